The van der Waals surface area contributed by atoms with Gasteiger partial charge in [0, 0.05) is 11.6 Å². The van der Waals surface area contributed by atoms with Crippen molar-refractivity contribution >= 4 is 34.0 Å². The van der Waals surface area contributed by atoms with Crippen LogP contribution in [0.3, 0.4) is 0 Å². The lowest BCUT2D eigenvalue weighted by Crippen LogP contribution is -2.26. The standard InChI is InChI=1S/C15H11N3O5/c16-13-8(15(20)21)3-7-12(19)11-10(23-14(7)18-13)2-1-9(17-11)6-4-22-5-6/h1-3,6H,4-5H2,(H2,16,18)(H,20,21). The molecular formula is C15H11N3O5. The molecule has 8 nitrogen and oxygen atoms in total. The van der Waals surface area contributed by atoms with Crippen molar-refractivity contribution in [2.75, 3.05) is 18.9 Å². The number of nitrogens with zero attached hydrogens (tertiary/aromatic N) is 2. The van der Waals surface area contributed by atoms with Crippen LogP contribution in [0.25, 0.3) is 22.2 Å². The number of pyridine rings is 2. The lowest BCUT2D eigenvalue weighted by atomic mass is 10.0. The Balaban J connectivity index is 2.02. The molecule has 0 spiro atoms. The molecule has 8 heteroatoms. The Kier molecular flexibility index (Phi) is 2.82. The average Bonchev–Trinajstić information content (AvgIpc) is 2.45. The molecule has 0 saturated carbocycles. The molecule has 1 aliphatic rings. The maximum atomic E-state index is 12.6. The minimum atomic E-state index is -1.26. The Bertz CT molecular complexity index is 1020. The number of aromatic nitrogens is 2. The van der Waals surface area contributed by atoms with Crippen molar-refractivity contribution in [2.45, 2.75) is 5.92 Å². The predicted molar refractivity (Wildman–Crippen MR) is 80.5 cm³/mol. The molecule has 0 amide bonds. The second-order valence-electron chi connectivity index (χ2n) is 5.33. The Hall–Kier alpha value is -3.00. The van der Waals surface area contributed by atoms with Gasteiger partial charge < -0.3 is 20.0 Å². The second-order valence-corrected chi connectivity index (χ2v) is 5.33. The maximum absolute atomic E-state index is 12.6. The molecule has 4 rings (SSSR count). The van der Waals surface area contributed by atoms with Gasteiger partial charge in [0.05, 0.1) is 18.6 Å². The highest BCUT2D eigenvalue weighted by molar-refractivity contribution is 5.98. The molecule has 1 aliphatic heterocycles. The summed E-state index contributed by atoms with van der Waals surface area (Å²) in [6.45, 7) is 1.14. The number of anilines is 1. The summed E-state index contributed by atoms with van der Waals surface area (Å²) >= 11 is 0. The van der Waals surface area contributed by atoms with Gasteiger partial charge in [0.2, 0.25) is 11.1 Å². The van der Waals surface area contributed by atoms with E-state index in [1.54, 1.807) is 12.1 Å². The molecule has 0 atom stereocenters. The van der Waals surface area contributed by atoms with Crippen molar-refractivity contribution < 1.29 is 19.1 Å². The topological polar surface area (TPSA) is 129 Å². The van der Waals surface area contributed by atoms with Gasteiger partial charge in [0.25, 0.3) is 0 Å². The molecule has 0 unspecified atom stereocenters. The van der Waals surface area contributed by atoms with E-state index in [2.05, 4.69) is 9.97 Å². The van der Waals surface area contributed by atoms with Crippen LogP contribution in [0.15, 0.2) is 27.4 Å². The number of carboxylic acids is 1. The maximum Gasteiger partial charge on any atom is 0.339 e. The molecule has 0 aromatic carbocycles. The number of nitrogens with two attached hydrogens (primary N) is 1. The monoisotopic (exact) mass is 313 g/mol. The third-order valence-corrected chi connectivity index (χ3v) is 3.85. The fraction of sp³-hybridized carbons (Fsp3) is 0.200. The van der Waals surface area contributed by atoms with Gasteiger partial charge in [-0.05, 0) is 18.2 Å². The van der Waals surface area contributed by atoms with Crippen molar-refractivity contribution in [3.8, 4) is 0 Å². The largest absolute Gasteiger partial charge is 0.478 e. The zero-order valence-electron chi connectivity index (χ0n) is 11.8. The lowest BCUT2D eigenvalue weighted by Gasteiger charge is -2.25. The van der Waals surface area contributed by atoms with E-state index in [9.17, 15) is 9.59 Å². The normalized spacial score (nSPS) is 15.0. The molecule has 1 fully saturated rings. The number of fused-ring (bicyclic) bond motifs is 2. The van der Waals surface area contributed by atoms with E-state index in [-0.39, 0.29) is 39.5 Å². The zero-order chi connectivity index (χ0) is 16.1. The summed E-state index contributed by atoms with van der Waals surface area (Å²) in [6, 6.07) is 4.60. The first kappa shape index (κ1) is 13.6. The van der Waals surface area contributed by atoms with E-state index in [1.165, 1.54) is 6.07 Å². The predicted octanol–water partition coefficient (Wildman–Crippen LogP) is 1.13. The van der Waals surface area contributed by atoms with E-state index < -0.39 is 11.4 Å². The number of carboxylic acid groups (broad SMARTS) is 1. The van der Waals surface area contributed by atoms with Gasteiger partial charge in [0.1, 0.15) is 11.4 Å². The van der Waals surface area contributed by atoms with Crippen LogP contribution < -0.4 is 11.2 Å². The molecule has 3 aromatic rings. The Morgan fingerprint density at radius 3 is 2.74 bits per heavy atom. The summed E-state index contributed by atoms with van der Waals surface area (Å²) in [5, 5.41) is 9.14. The van der Waals surface area contributed by atoms with Crippen LogP contribution in [-0.4, -0.2) is 34.3 Å². The average molecular weight is 313 g/mol. The minimum absolute atomic E-state index is 0.00784. The number of rotatable bonds is 2. The number of hydrogen-bond donors (Lipinski definition) is 2. The van der Waals surface area contributed by atoms with Crippen LogP contribution in [0.5, 0.6) is 0 Å². The number of nitrogen functional groups attached to an aromatic ring is 1. The summed E-state index contributed by atoms with van der Waals surface area (Å²) in [5.41, 5.74) is 6.07. The van der Waals surface area contributed by atoms with Crippen molar-refractivity contribution in [3.63, 3.8) is 0 Å². The first-order valence-corrected chi connectivity index (χ1v) is 6.89. The molecule has 3 N–H and O–H groups in total. The van der Waals surface area contributed by atoms with Crippen LogP contribution in [-0.2, 0) is 4.74 Å². The first-order valence-electron chi connectivity index (χ1n) is 6.89. The van der Waals surface area contributed by atoms with Gasteiger partial charge in [-0.3, -0.25) is 4.79 Å². The molecule has 23 heavy (non-hydrogen) atoms. The van der Waals surface area contributed by atoms with Crippen LogP contribution >= 0.6 is 0 Å². The Labute approximate surface area is 128 Å². The molecule has 116 valence electrons. The molecule has 0 aliphatic carbocycles. The number of carbonyl (C=O) groups is 1. The summed E-state index contributed by atoms with van der Waals surface area (Å²) < 4.78 is 10.7. The van der Waals surface area contributed by atoms with Gasteiger partial charge in [-0.2, -0.15) is 4.98 Å². The molecule has 0 radical (unpaired) electrons. The third-order valence-electron chi connectivity index (χ3n) is 3.85. The van der Waals surface area contributed by atoms with Crippen LogP contribution in [0, 0.1) is 0 Å². The summed E-state index contributed by atoms with van der Waals surface area (Å²) in [6.07, 6.45) is 0. The van der Waals surface area contributed by atoms with Crippen LogP contribution in [0.4, 0.5) is 5.82 Å². The first-order chi connectivity index (χ1) is 11.0. The molecule has 4 heterocycles. The Morgan fingerprint density at radius 1 is 1.30 bits per heavy atom. The van der Waals surface area contributed by atoms with E-state index in [0.717, 1.165) is 5.69 Å². The van der Waals surface area contributed by atoms with E-state index in [1.807, 2.05) is 0 Å². The highest BCUT2D eigenvalue weighted by Crippen LogP contribution is 2.25. The summed E-state index contributed by atoms with van der Waals surface area (Å²) in [7, 11) is 0. The van der Waals surface area contributed by atoms with Crippen molar-refractivity contribution in [3.05, 3.63) is 39.7 Å². The fourth-order valence-electron chi connectivity index (χ4n) is 2.49. The molecular weight excluding hydrogens is 302 g/mol. The van der Waals surface area contributed by atoms with Crippen molar-refractivity contribution in [1.29, 1.82) is 0 Å². The SMILES string of the molecule is Nc1nc2oc3ccc(C4COC4)nc3c(=O)c2cc1C(=O)O. The van der Waals surface area contributed by atoms with Crippen molar-refractivity contribution in [2.24, 2.45) is 0 Å². The van der Waals surface area contributed by atoms with E-state index in [4.69, 9.17) is 20.0 Å². The van der Waals surface area contributed by atoms with E-state index in [0.29, 0.717) is 13.2 Å². The quantitative estimate of drug-likeness (QED) is 0.674. The summed E-state index contributed by atoms with van der Waals surface area (Å²) in [5.74, 6) is -1.30. The number of hydrogen-bond acceptors (Lipinski definition) is 7. The van der Waals surface area contributed by atoms with E-state index >= 15 is 0 Å². The highest BCUT2D eigenvalue weighted by atomic mass is 16.5. The molecule has 1 saturated heterocycles. The van der Waals surface area contributed by atoms with Crippen LogP contribution in [0.1, 0.15) is 22.0 Å². The fourth-order valence-corrected chi connectivity index (χ4v) is 2.49. The highest BCUT2D eigenvalue weighted by Gasteiger charge is 2.23. The third kappa shape index (κ3) is 2.03. The summed E-state index contributed by atoms with van der Waals surface area (Å²) in [4.78, 5) is 32.0. The van der Waals surface area contributed by atoms with Gasteiger partial charge in [-0.1, -0.05) is 0 Å². The lowest BCUT2D eigenvalue weighted by molar-refractivity contribution is 0.00683. The smallest absolute Gasteiger partial charge is 0.339 e. The van der Waals surface area contributed by atoms with Gasteiger partial charge in [-0.25, -0.2) is 9.78 Å². The van der Waals surface area contributed by atoms with Gasteiger partial charge >= 0.3 is 5.97 Å². The van der Waals surface area contributed by atoms with Gasteiger partial charge in [-0.15, -0.1) is 0 Å². The molecule has 0 bridgehead atoms. The Morgan fingerprint density at radius 2 is 2.09 bits per heavy atom. The zero-order valence-corrected chi connectivity index (χ0v) is 11.8. The second kappa shape index (κ2) is 4.75. The molecule has 3 aromatic heterocycles. The van der Waals surface area contributed by atoms with Crippen molar-refractivity contribution in [1.82, 2.24) is 9.97 Å². The minimum Gasteiger partial charge on any atom is -0.478 e. The van der Waals surface area contributed by atoms with Crippen LogP contribution in [0.2, 0.25) is 0 Å². The number of aromatic carboxylic acids is 1. The van der Waals surface area contributed by atoms with Gasteiger partial charge in [0.15, 0.2) is 11.1 Å². The number of ether oxygens (including phenoxy) is 1.